The molecule has 0 aliphatic carbocycles. The fourth-order valence-electron chi connectivity index (χ4n) is 1.87. The lowest BCUT2D eigenvalue weighted by atomic mass is 9.92. The van der Waals surface area contributed by atoms with Crippen LogP contribution in [-0.4, -0.2) is 40.5 Å². The Kier molecular flexibility index (Phi) is 4.20. The lowest BCUT2D eigenvalue weighted by Gasteiger charge is -2.36. The SMILES string of the molecule is CC[C@@H]1CN(C(=O)[C@H](C)Cl)CC[C@@H]1O. The first-order valence-electron chi connectivity index (χ1n) is 5.17. The summed E-state index contributed by atoms with van der Waals surface area (Å²) in [5.74, 6) is 0.195. The highest BCUT2D eigenvalue weighted by Gasteiger charge is 2.30. The van der Waals surface area contributed by atoms with Crippen molar-refractivity contribution in [1.82, 2.24) is 4.90 Å². The quantitative estimate of drug-likeness (QED) is 0.710. The number of piperidine rings is 1. The van der Waals surface area contributed by atoms with E-state index in [0.717, 1.165) is 6.42 Å². The van der Waals surface area contributed by atoms with E-state index in [-0.39, 0.29) is 17.9 Å². The van der Waals surface area contributed by atoms with Crippen LogP contribution in [0, 0.1) is 5.92 Å². The molecule has 1 aliphatic rings. The highest BCUT2D eigenvalue weighted by Crippen LogP contribution is 2.21. The number of carbonyl (C=O) groups is 1. The van der Waals surface area contributed by atoms with Crippen LogP contribution >= 0.6 is 11.6 Å². The van der Waals surface area contributed by atoms with Crippen LogP contribution in [0.15, 0.2) is 0 Å². The molecule has 1 rings (SSSR count). The molecule has 4 heteroatoms. The minimum atomic E-state index is -0.456. The first-order chi connectivity index (χ1) is 6.56. The minimum Gasteiger partial charge on any atom is -0.393 e. The molecule has 1 aliphatic heterocycles. The van der Waals surface area contributed by atoms with Gasteiger partial charge in [0.05, 0.1) is 6.10 Å². The third-order valence-corrected chi connectivity index (χ3v) is 3.06. The topological polar surface area (TPSA) is 40.5 Å². The second-order valence-electron chi connectivity index (χ2n) is 3.92. The Morgan fingerprint density at radius 2 is 2.36 bits per heavy atom. The summed E-state index contributed by atoms with van der Waals surface area (Å²) in [6.07, 6.45) is 1.32. The summed E-state index contributed by atoms with van der Waals surface area (Å²) in [7, 11) is 0. The summed E-state index contributed by atoms with van der Waals surface area (Å²) in [5, 5.41) is 9.18. The molecule has 1 heterocycles. The van der Waals surface area contributed by atoms with Gasteiger partial charge >= 0.3 is 0 Å². The van der Waals surface area contributed by atoms with Crippen molar-refractivity contribution in [2.24, 2.45) is 5.92 Å². The maximum atomic E-state index is 11.6. The van der Waals surface area contributed by atoms with Gasteiger partial charge in [-0.15, -0.1) is 11.6 Å². The second-order valence-corrected chi connectivity index (χ2v) is 4.58. The van der Waals surface area contributed by atoms with Gasteiger partial charge in [0.25, 0.3) is 0 Å². The van der Waals surface area contributed by atoms with Crippen LogP contribution < -0.4 is 0 Å². The van der Waals surface area contributed by atoms with Gasteiger partial charge in [-0.1, -0.05) is 6.92 Å². The number of carbonyl (C=O) groups excluding carboxylic acids is 1. The third-order valence-electron chi connectivity index (χ3n) is 2.87. The first kappa shape index (κ1) is 11.8. The fourth-order valence-corrected chi connectivity index (χ4v) is 2.01. The Labute approximate surface area is 90.0 Å². The van der Waals surface area contributed by atoms with E-state index in [9.17, 15) is 9.90 Å². The van der Waals surface area contributed by atoms with Gasteiger partial charge in [0, 0.05) is 19.0 Å². The van der Waals surface area contributed by atoms with Gasteiger partial charge in [-0.3, -0.25) is 4.79 Å². The van der Waals surface area contributed by atoms with Crippen LogP contribution in [0.5, 0.6) is 0 Å². The summed E-state index contributed by atoms with van der Waals surface area (Å²) >= 11 is 5.74. The number of aliphatic hydroxyl groups is 1. The Morgan fingerprint density at radius 1 is 1.71 bits per heavy atom. The average molecular weight is 220 g/mol. The molecule has 82 valence electrons. The zero-order chi connectivity index (χ0) is 10.7. The predicted molar refractivity (Wildman–Crippen MR) is 56.3 cm³/mol. The number of halogens is 1. The molecule has 0 spiro atoms. The second kappa shape index (κ2) is 4.99. The van der Waals surface area contributed by atoms with Crippen molar-refractivity contribution in [3.63, 3.8) is 0 Å². The lowest BCUT2D eigenvalue weighted by Crippen LogP contribution is -2.47. The van der Waals surface area contributed by atoms with E-state index >= 15 is 0 Å². The van der Waals surface area contributed by atoms with E-state index in [1.165, 1.54) is 0 Å². The van der Waals surface area contributed by atoms with Gasteiger partial charge < -0.3 is 10.0 Å². The van der Waals surface area contributed by atoms with E-state index in [1.54, 1.807) is 11.8 Å². The molecule has 1 saturated heterocycles. The molecule has 0 aromatic carbocycles. The summed E-state index contributed by atoms with van der Waals surface area (Å²) in [6, 6.07) is 0. The highest BCUT2D eigenvalue weighted by atomic mass is 35.5. The number of hydrogen-bond donors (Lipinski definition) is 1. The standard InChI is InChI=1S/C10H18ClNO2/c1-3-8-6-12(5-4-9(8)13)10(14)7(2)11/h7-9,13H,3-6H2,1-2H3/t7-,8+,9-/m0/s1. The Morgan fingerprint density at radius 3 is 2.86 bits per heavy atom. The first-order valence-corrected chi connectivity index (χ1v) is 5.60. The fraction of sp³-hybridized carbons (Fsp3) is 0.900. The van der Waals surface area contributed by atoms with E-state index < -0.39 is 5.38 Å². The molecule has 0 radical (unpaired) electrons. The molecule has 0 bridgehead atoms. The molecule has 1 N–H and O–H groups in total. The number of nitrogens with zero attached hydrogens (tertiary/aromatic N) is 1. The normalized spacial score (nSPS) is 30.1. The molecule has 1 fully saturated rings. The zero-order valence-corrected chi connectivity index (χ0v) is 9.50. The van der Waals surface area contributed by atoms with Crippen LogP contribution in [0.1, 0.15) is 26.7 Å². The molecule has 0 aromatic rings. The van der Waals surface area contributed by atoms with Crippen LogP contribution in [0.2, 0.25) is 0 Å². The van der Waals surface area contributed by atoms with Crippen molar-refractivity contribution in [1.29, 1.82) is 0 Å². The van der Waals surface area contributed by atoms with Crippen molar-refractivity contribution < 1.29 is 9.90 Å². The number of alkyl halides is 1. The van der Waals surface area contributed by atoms with E-state index in [4.69, 9.17) is 11.6 Å². The van der Waals surface area contributed by atoms with Gasteiger partial charge in [0.15, 0.2) is 0 Å². The molecule has 0 unspecified atom stereocenters. The molecule has 0 saturated carbocycles. The van der Waals surface area contributed by atoms with Crippen LogP contribution in [0.4, 0.5) is 0 Å². The monoisotopic (exact) mass is 219 g/mol. The lowest BCUT2D eigenvalue weighted by molar-refractivity contribution is -0.134. The molecular formula is C10H18ClNO2. The van der Waals surface area contributed by atoms with Crippen LogP contribution in [0.25, 0.3) is 0 Å². The summed E-state index contributed by atoms with van der Waals surface area (Å²) in [6.45, 7) is 5.00. The number of aliphatic hydroxyl groups excluding tert-OH is 1. The van der Waals surface area contributed by atoms with Crippen molar-refractivity contribution in [3.05, 3.63) is 0 Å². The van der Waals surface area contributed by atoms with Crippen molar-refractivity contribution in [3.8, 4) is 0 Å². The van der Waals surface area contributed by atoms with E-state index in [1.807, 2.05) is 6.92 Å². The number of hydrogen-bond acceptors (Lipinski definition) is 2. The predicted octanol–water partition coefficient (Wildman–Crippen LogP) is 1.23. The highest BCUT2D eigenvalue weighted by molar-refractivity contribution is 6.30. The molecule has 3 atom stereocenters. The van der Waals surface area contributed by atoms with Gasteiger partial charge in [-0.25, -0.2) is 0 Å². The van der Waals surface area contributed by atoms with Gasteiger partial charge in [0.1, 0.15) is 5.38 Å². The van der Waals surface area contributed by atoms with E-state index in [2.05, 4.69) is 0 Å². The number of amides is 1. The molecule has 0 aromatic heterocycles. The molecule has 1 amide bonds. The number of likely N-dealkylation sites (tertiary alicyclic amines) is 1. The maximum absolute atomic E-state index is 11.6. The minimum absolute atomic E-state index is 0.0167. The van der Waals surface area contributed by atoms with Crippen molar-refractivity contribution >= 4 is 17.5 Å². The Balaban J connectivity index is 2.54. The van der Waals surface area contributed by atoms with Crippen LogP contribution in [0.3, 0.4) is 0 Å². The molecule has 3 nitrogen and oxygen atoms in total. The zero-order valence-electron chi connectivity index (χ0n) is 8.74. The van der Waals surface area contributed by atoms with Crippen molar-refractivity contribution in [2.45, 2.75) is 38.2 Å². The molecular weight excluding hydrogens is 202 g/mol. The van der Waals surface area contributed by atoms with E-state index in [0.29, 0.717) is 19.5 Å². The summed E-state index contributed by atoms with van der Waals surface area (Å²) in [4.78, 5) is 13.3. The van der Waals surface area contributed by atoms with Gasteiger partial charge in [-0.2, -0.15) is 0 Å². The van der Waals surface area contributed by atoms with Crippen LogP contribution in [-0.2, 0) is 4.79 Å². The summed E-state index contributed by atoms with van der Waals surface area (Å²) in [5.41, 5.74) is 0. The smallest absolute Gasteiger partial charge is 0.240 e. The Bertz CT molecular complexity index is 208. The number of rotatable bonds is 2. The third kappa shape index (κ3) is 2.61. The average Bonchev–Trinajstić information content (AvgIpc) is 2.17. The molecule has 14 heavy (non-hydrogen) atoms. The van der Waals surface area contributed by atoms with Gasteiger partial charge in [0.2, 0.25) is 5.91 Å². The summed E-state index contributed by atoms with van der Waals surface area (Å²) < 4.78 is 0. The maximum Gasteiger partial charge on any atom is 0.240 e. The van der Waals surface area contributed by atoms with Crippen molar-refractivity contribution in [2.75, 3.05) is 13.1 Å². The van der Waals surface area contributed by atoms with Gasteiger partial charge in [-0.05, 0) is 19.8 Å². The Hall–Kier alpha value is -0.280. The largest absolute Gasteiger partial charge is 0.393 e.